The molecule has 32 heavy (non-hydrogen) atoms. The second-order valence-corrected chi connectivity index (χ2v) is 7.38. The highest BCUT2D eigenvalue weighted by atomic mass is 16.6. The molecule has 0 spiro atoms. The summed E-state index contributed by atoms with van der Waals surface area (Å²) in [5, 5.41) is 13.1. The summed E-state index contributed by atoms with van der Waals surface area (Å²) in [6.07, 6.45) is 3.09. The van der Waals surface area contributed by atoms with E-state index < -0.39 is 22.8 Å². The third kappa shape index (κ3) is 3.79. The van der Waals surface area contributed by atoms with E-state index in [2.05, 4.69) is 5.32 Å². The number of rotatable bonds is 4. The predicted molar refractivity (Wildman–Crippen MR) is 117 cm³/mol. The quantitative estimate of drug-likeness (QED) is 0.294. The zero-order chi connectivity index (χ0) is 23.0. The van der Waals surface area contributed by atoms with Gasteiger partial charge in [-0.3, -0.25) is 25.0 Å². The Morgan fingerprint density at radius 2 is 1.59 bits per heavy atom. The predicted octanol–water partition coefficient (Wildman–Crippen LogP) is 3.67. The number of hydrogen-bond acceptors (Lipinski definition) is 5. The van der Waals surface area contributed by atoms with Crippen LogP contribution < -0.4 is 10.2 Å². The van der Waals surface area contributed by atoms with Crippen LogP contribution in [0.3, 0.4) is 0 Å². The SMILES string of the molecule is Cc1cc(C)cc(N2C(=O)NC(=O)C(=Cc3cccn3-c3ccc([N+](=O)[O-])cc3)C2=O)c1. The second kappa shape index (κ2) is 7.95. The molecule has 2 heterocycles. The molecule has 1 aromatic heterocycles. The Hall–Kier alpha value is -4.53. The smallest absolute Gasteiger partial charge is 0.317 e. The van der Waals surface area contributed by atoms with Crippen LogP contribution in [0.15, 0.2) is 66.4 Å². The molecule has 4 amide bonds. The first-order valence-corrected chi connectivity index (χ1v) is 9.66. The summed E-state index contributed by atoms with van der Waals surface area (Å²) in [5.41, 5.74) is 2.96. The van der Waals surface area contributed by atoms with E-state index >= 15 is 0 Å². The van der Waals surface area contributed by atoms with Gasteiger partial charge in [0.1, 0.15) is 5.57 Å². The van der Waals surface area contributed by atoms with Crippen molar-refractivity contribution in [2.24, 2.45) is 0 Å². The molecule has 1 aliphatic rings. The van der Waals surface area contributed by atoms with E-state index in [0.717, 1.165) is 16.0 Å². The molecule has 1 saturated heterocycles. The van der Waals surface area contributed by atoms with Crippen LogP contribution in [0.2, 0.25) is 0 Å². The van der Waals surface area contributed by atoms with Gasteiger partial charge >= 0.3 is 6.03 Å². The normalized spacial score (nSPS) is 15.2. The number of aromatic nitrogens is 1. The standard InChI is InChI=1S/C23H18N4O5/c1-14-10-15(2)12-19(11-14)26-22(29)20(21(28)24-23(26)30)13-18-4-3-9-25(18)16-5-7-17(8-6-16)27(31)32/h3-13H,1-2H3,(H,24,28,30). The molecule has 2 aromatic carbocycles. The van der Waals surface area contributed by atoms with E-state index in [-0.39, 0.29) is 11.3 Å². The molecular formula is C23H18N4O5. The van der Waals surface area contributed by atoms with Gasteiger partial charge in [-0.15, -0.1) is 0 Å². The number of nitro benzene ring substituents is 1. The Morgan fingerprint density at radius 1 is 0.938 bits per heavy atom. The number of barbiturate groups is 1. The van der Waals surface area contributed by atoms with Crippen LogP contribution in [-0.4, -0.2) is 27.3 Å². The van der Waals surface area contributed by atoms with Crippen molar-refractivity contribution in [3.63, 3.8) is 0 Å². The number of non-ortho nitro benzene ring substituents is 1. The van der Waals surface area contributed by atoms with E-state index in [4.69, 9.17) is 0 Å². The Kier molecular flexibility index (Phi) is 5.15. The topological polar surface area (TPSA) is 115 Å². The molecule has 0 saturated carbocycles. The lowest BCUT2D eigenvalue weighted by Crippen LogP contribution is -2.54. The Bertz CT molecular complexity index is 1280. The fourth-order valence-corrected chi connectivity index (χ4v) is 3.60. The molecule has 0 radical (unpaired) electrons. The molecule has 1 N–H and O–H groups in total. The average molecular weight is 430 g/mol. The van der Waals surface area contributed by atoms with Crippen molar-refractivity contribution in [1.29, 1.82) is 0 Å². The summed E-state index contributed by atoms with van der Waals surface area (Å²) < 4.78 is 1.68. The number of nitro groups is 1. The minimum absolute atomic E-state index is 0.0507. The maximum Gasteiger partial charge on any atom is 0.335 e. The van der Waals surface area contributed by atoms with Gasteiger partial charge in [-0.2, -0.15) is 0 Å². The van der Waals surface area contributed by atoms with Gasteiger partial charge in [-0.05, 0) is 67.4 Å². The molecule has 9 nitrogen and oxygen atoms in total. The fraction of sp³-hybridized carbons (Fsp3) is 0.0870. The molecule has 0 aliphatic carbocycles. The van der Waals surface area contributed by atoms with Crippen LogP contribution in [0.1, 0.15) is 16.8 Å². The van der Waals surface area contributed by atoms with Crippen molar-refractivity contribution in [2.45, 2.75) is 13.8 Å². The maximum absolute atomic E-state index is 13.2. The molecule has 4 rings (SSSR count). The van der Waals surface area contributed by atoms with Crippen molar-refractivity contribution in [1.82, 2.24) is 9.88 Å². The first kappa shape index (κ1) is 20.7. The molecule has 160 valence electrons. The lowest BCUT2D eigenvalue weighted by atomic mass is 10.1. The lowest BCUT2D eigenvalue weighted by Gasteiger charge is -2.27. The summed E-state index contributed by atoms with van der Waals surface area (Å²) in [7, 11) is 0. The van der Waals surface area contributed by atoms with E-state index in [1.807, 2.05) is 19.9 Å². The fourth-order valence-electron chi connectivity index (χ4n) is 3.60. The molecular weight excluding hydrogens is 412 g/mol. The maximum atomic E-state index is 13.2. The number of nitrogens with zero attached hydrogens (tertiary/aromatic N) is 3. The second-order valence-electron chi connectivity index (χ2n) is 7.38. The average Bonchev–Trinajstić information content (AvgIpc) is 3.18. The number of carbonyl (C=O) groups is 3. The number of hydrogen-bond donors (Lipinski definition) is 1. The highest BCUT2D eigenvalue weighted by Crippen LogP contribution is 2.25. The molecule has 1 aliphatic heterocycles. The molecule has 9 heteroatoms. The Labute approximate surface area is 182 Å². The minimum atomic E-state index is -0.812. The third-order valence-corrected chi connectivity index (χ3v) is 4.98. The van der Waals surface area contributed by atoms with Crippen LogP contribution in [-0.2, 0) is 9.59 Å². The largest absolute Gasteiger partial charge is 0.335 e. The number of nitrogens with one attached hydrogen (secondary N) is 1. The molecule has 0 unspecified atom stereocenters. The van der Waals surface area contributed by atoms with Crippen LogP contribution in [0.5, 0.6) is 0 Å². The highest BCUT2D eigenvalue weighted by Gasteiger charge is 2.37. The number of amides is 4. The van der Waals surface area contributed by atoms with Gasteiger partial charge in [-0.1, -0.05) is 6.07 Å². The van der Waals surface area contributed by atoms with Gasteiger partial charge in [-0.25, -0.2) is 9.69 Å². The summed E-state index contributed by atoms with van der Waals surface area (Å²) in [6.45, 7) is 3.70. The zero-order valence-electron chi connectivity index (χ0n) is 17.2. The van der Waals surface area contributed by atoms with E-state index in [9.17, 15) is 24.5 Å². The van der Waals surface area contributed by atoms with Crippen LogP contribution in [0, 0.1) is 24.0 Å². The summed E-state index contributed by atoms with van der Waals surface area (Å²) in [4.78, 5) is 49.4. The van der Waals surface area contributed by atoms with Gasteiger partial charge in [0.05, 0.1) is 10.6 Å². The van der Waals surface area contributed by atoms with Gasteiger partial charge in [0.2, 0.25) is 0 Å². The molecule has 0 bridgehead atoms. The lowest BCUT2D eigenvalue weighted by molar-refractivity contribution is -0.384. The number of carbonyl (C=O) groups excluding carboxylic acids is 3. The van der Waals surface area contributed by atoms with Gasteiger partial charge < -0.3 is 4.57 Å². The van der Waals surface area contributed by atoms with Crippen molar-refractivity contribution in [2.75, 3.05) is 4.90 Å². The summed E-state index contributed by atoms with van der Waals surface area (Å²) in [6, 6.07) is 13.7. The van der Waals surface area contributed by atoms with E-state index in [0.29, 0.717) is 17.1 Å². The first-order valence-electron chi connectivity index (χ1n) is 9.66. The van der Waals surface area contributed by atoms with Gasteiger partial charge in [0, 0.05) is 29.7 Å². The first-order chi connectivity index (χ1) is 15.2. The Morgan fingerprint density at radius 3 is 2.22 bits per heavy atom. The van der Waals surface area contributed by atoms with Crippen LogP contribution in [0.25, 0.3) is 11.8 Å². The molecule has 3 aromatic rings. The minimum Gasteiger partial charge on any atom is -0.317 e. The zero-order valence-corrected chi connectivity index (χ0v) is 17.2. The van der Waals surface area contributed by atoms with Crippen molar-refractivity contribution >= 4 is 35.3 Å². The molecule has 0 atom stereocenters. The summed E-state index contributed by atoms with van der Waals surface area (Å²) >= 11 is 0. The van der Waals surface area contributed by atoms with E-state index in [1.165, 1.54) is 18.2 Å². The number of imide groups is 2. The Balaban J connectivity index is 1.73. The van der Waals surface area contributed by atoms with Crippen molar-refractivity contribution < 1.29 is 19.3 Å². The number of anilines is 1. The monoisotopic (exact) mass is 430 g/mol. The molecule has 1 fully saturated rings. The number of aryl methyl sites for hydroxylation is 2. The third-order valence-electron chi connectivity index (χ3n) is 4.98. The van der Waals surface area contributed by atoms with Crippen molar-refractivity contribution in [3.8, 4) is 5.69 Å². The van der Waals surface area contributed by atoms with Crippen LogP contribution >= 0.6 is 0 Å². The van der Waals surface area contributed by atoms with Gasteiger partial charge in [0.25, 0.3) is 17.5 Å². The van der Waals surface area contributed by atoms with Crippen molar-refractivity contribution in [3.05, 3.63) is 93.3 Å². The van der Waals surface area contributed by atoms with E-state index in [1.54, 1.807) is 47.2 Å². The summed E-state index contributed by atoms with van der Waals surface area (Å²) in [5.74, 6) is -1.53. The number of urea groups is 1. The van der Waals surface area contributed by atoms with Gasteiger partial charge in [0.15, 0.2) is 0 Å². The van der Waals surface area contributed by atoms with Crippen LogP contribution in [0.4, 0.5) is 16.2 Å². The number of benzene rings is 2. The highest BCUT2D eigenvalue weighted by molar-refractivity contribution is 6.39.